The fourth-order valence-corrected chi connectivity index (χ4v) is 11.2. The SMILES string of the molecule is O=C(CCC1CCSC1)CNC12CC3CC4(NS(=O)(=O)c5ccc(F)cc5)CC(C1)C4(C3)C2. The summed E-state index contributed by atoms with van der Waals surface area (Å²) in [5.41, 5.74) is -0.411. The van der Waals surface area contributed by atoms with Crippen LogP contribution in [0.25, 0.3) is 0 Å². The van der Waals surface area contributed by atoms with E-state index in [4.69, 9.17) is 0 Å². The minimum Gasteiger partial charge on any atom is -0.304 e. The lowest BCUT2D eigenvalue weighted by molar-refractivity contribution is -0.119. The smallest absolute Gasteiger partial charge is 0.241 e. The summed E-state index contributed by atoms with van der Waals surface area (Å²) in [6.45, 7) is 0.448. The predicted octanol–water partition coefficient (Wildman–Crippen LogP) is 3.89. The maximum atomic E-state index is 13.3. The van der Waals surface area contributed by atoms with Crippen molar-refractivity contribution in [3.05, 3.63) is 30.1 Å². The van der Waals surface area contributed by atoms with Gasteiger partial charge >= 0.3 is 0 Å². The lowest BCUT2D eigenvalue weighted by atomic mass is 9.51. The zero-order chi connectivity index (χ0) is 22.9. The van der Waals surface area contributed by atoms with Crippen molar-refractivity contribution < 1.29 is 17.6 Å². The molecule has 8 heteroatoms. The number of sulfonamides is 1. The molecule has 1 saturated heterocycles. The van der Waals surface area contributed by atoms with Crippen molar-refractivity contribution in [2.24, 2.45) is 23.2 Å². The summed E-state index contributed by atoms with van der Waals surface area (Å²) in [4.78, 5) is 12.8. The Hall–Kier alpha value is -0.960. The van der Waals surface area contributed by atoms with Crippen molar-refractivity contribution in [3.63, 3.8) is 0 Å². The predicted molar refractivity (Wildman–Crippen MR) is 127 cm³/mol. The van der Waals surface area contributed by atoms with E-state index in [1.807, 2.05) is 11.8 Å². The fraction of sp³-hybridized carbons (Fsp3) is 0.720. The van der Waals surface area contributed by atoms with Crippen LogP contribution in [-0.4, -0.2) is 43.3 Å². The summed E-state index contributed by atoms with van der Waals surface area (Å²) in [5, 5.41) is 3.70. The molecule has 5 aliphatic rings. The number of thioether (sulfide) groups is 1. The van der Waals surface area contributed by atoms with Crippen LogP contribution in [0.1, 0.15) is 57.8 Å². The second-order valence-electron chi connectivity index (χ2n) is 11.5. The molecule has 4 aliphatic carbocycles. The molecule has 1 heterocycles. The molecule has 5 fully saturated rings. The molecule has 6 unspecified atom stereocenters. The lowest BCUT2D eigenvalue weighted by Gasteiger charge is -2.58. The Morgan fingerprint density at radius 3 is 2.70 bits per heavy atom. The van der Waals surface area contributed by atoms with Gasteiger partial charge in [0.05, 0.1) is 11.4 Å². The zero-order valence-corrected chi connectivity index (χ0v) is 20.6. The summed E-state index contributed by atoms with van der Waals surface area (Å²) in [6.07, 6.45) is 8.82. The van der Waals surface area contributed by atoms with Crippen LogP contribution in [0.2, 0.25) is 0 Å². The molecule has 2 N–H and O–H groups in total. The molecule has 6 rings (SSSR count). The van der Waals surface area contributed by atoms with E-state index in [0.717, 1.165) is 44.9 Å². The van der Waals surface area contributed by atoms with Crippen LogP contribution in [0.5, 0.6) is 0 Å². The van der Waals surface area contributed by atoms with Gasteiger partial charge in [-0.2, -0.15) is 11.8 Å². The van der Waals surface area contributed by atoms with Crippen molar-refractivity contribution in [2.45, 2.75) is 73.8 Å². The van der Waals surface area contributed by atoms with Gasteiger partial charge in [-0.05, 0) is 110 Å². The number of carbonyl (C=O) groups is 1. The van der Waals surface area contributed by atoms with Gasteiger partial charge in [0.2, 0.25) is 10.0 Å². The van der Waals surface area contributed by atoms with Gasteiger partial charge in [-0.3, -0.25) is 4.79 Å². The molecule has 3 bridgehead atoms. The summed E-state index contributed by atoms with van der Waals surface area (Å²) >= 11 is 2.00. The minimum atomic E-state index is -3.70. The van der Waals surface area contributed by atoms with Crippen molar-refractivity contribution in [2.75, 3.05) is 18.1 Å². The molecule has 1 aliphatic heterocycles. The number of ketones is 1. The molecule has 6 atom stereocenters. The van der Waals surface area contributed by atoms with Crippen LogP contribution < -0.4 is 10.0 Å². The van der Waals surface area contributed by atoms with Gasteiger partial charge in [0.25, 0.3) is 0 Å². The molecule has 180 valence electrons. The van der Waals surface area contributed by atoms with Gasteiger partial charge in [-0.1, -0.05) is 0 Å². The third-order valence-corrected chi connectivity index (χ3v) is 12.3. The molecule has 33 heavy (non-hydrogen) atoms. The number of nitrogens with one attached hydrogen (secondary N) is 2. The van der Waals surface area contributed by atoms with Crippen molar-refractivity contribution in [1.29, 1.82) is 0 Å². The second-order valence-corrected chi connectivity index (χ2v) is 14.3. The number of halogens is 1. The van der Waals surface area contributed by atoms with Crippen LogP contribution in [0.15, 0.2) is 29.2 Å². The first-order chi connectivity index (χ1) is 15.7. The van der Waals surface area contributed by atoms with E-state index in [1.165, 1.54) is 42.2 Å². The average molecular weight is 493 g/mol. The Morgan fingerprint density at radius 2 is 1.94 bits per heavy atom. The van der Waals surface area contributed by atoms with Crippen LogP contribution in [-0.2, 0) is 14.8 Å². The standard InChI is InChI=1S/C25H33FN2O3S2/c26-20-2-5-22(6-3-20)33(30,31)28-25-11-18-9-23(12-19(13-25)24(25,10-18)16-23)27-14-21(29)4-1-17-7-8-32-15-17/h2-3,5-6,17-19,27-28H,1,4,7-16H2. The monoisotopic (exact) mass is 492 g/mol. The highest BCUT2D eigenvalue weighted by molar-refractivity contribution is 7.99. The highest BCUT2D eigenvalue weighted by atomic mass is 32.2. The topological polar surface area (TPSA) is 75.3 Å². The van der Waals surface area contributed by atoms with E-state index in [9.17, 15) is 17.6 Å². The van der Waals surface area contributed by atoms with E-state index < -0.39 is 15.8 Å². The summed E-state index contributed by atoms with van der Waals surface area (Å²) < 4.78 is 42.8. The van der Waals surface area contributed by atoms with Gasteiger partial charge < -0.3 is 5.32 Å². The highest BCUT2D eigenvalue weighted by Gasteiger charge is 2.78. The first-order valence-corrected chi connectivity index (χ1v) is 15.0. The van der Waals surface area contributed by atoms with E-state index in [-0.39, 0.29) is 21.4 Å². The Bertz CT molecular complexity index is 1050. The molecule has 0 amide bonds. The molecule has 0 aromatic heterocycles. The van der Waals surface area contributed by atoms with E-state index >= 15 is 0 Å². The molecule has 0 radical (unpaired) electrons. The number of benzene rings is 1. The van der Waals surface area contributed by atoms with Crippen molar-refractivity contribution in [3.8, 4) is 0 Å². The maximum Gasteiger partial charge on any atom is 0.241 e. The minimum absolute atomic E-state index is 0.000134. The molecule has 1 spiro atoms. The van der Waals surface area contributed by atoms with Gasteiger partial charge in [-0.15, -0.1) is 0 Å². The molecular weight excluding hydrogens is 459 g/mol. The molecule has 1 aromatic carbocycles. The Kier molecular flexibility index (Phi) is 5.30. The van der Waals surface area contributed by atoms with Gasteiger partial charge in [0.1, 0.15) is 11.6 Å². The largest absolute Gasteiger partial charge is 0.304 e. The highest BCUT2D eigenvalue weighted by Crippen LogP contribution is 2.78. The number of rotatable bonds is 9. The third-order valence-electron chi connectivity index (χ3n) is 9.56. The number of carbonyl (C=O) groups excluding carboxylic acids is 1. The Balaban J connectivity index is 1.13. The number of Topliss-reactive ketones (excluding diaryl/α,β-unsaturated/α-hetero) is 1. The Labute approximate surface area is 200 Å². The molecule has 1 aromatic rings. The molecular formula is C25H33FN2O3S2. The molecule has 4 saturated carbocycles. The van der Waals surface area contributed by atoms with Gasteiger partial charge in [0, 0.05) is 17.5 Å². The third kappa shape index (κ3) is 3.62. The van der Waals surface area contributed by atoms with E-state index in [1.54, 1.807) is 0 Å². The molecule has 5 nitrogen and oxygen atoms in total. The summed E-state index contributed by atoms with van der Waals surface area (Å²) in [7, 11) is -3.70. The van der Waals surface area contributed by atoms with Crippen LogP contribution in [0.4, 0.5) is 4.39 Å². The normalized spacial score (nSPS) is 40.7. The van der Waals surface area contributed by atoms with Crippen LogP contribution in [0.3, 0.4) is 0 Å². The van der Waals surface area contributed by atoms with E-state index in [2.05, 4.69) is 10.0 Å². The van der Waals surface area contributed by atoms with Crippen molar-refractivity contribution in [1.82, 2.24) is 10.0 Å². The quantitative estimate of drug-likeness (QED) is 0.547. The van der Waals surface area contributed by atoms with Crippen molar-refractivity contribution >= 4 is 27.6 Å². The summed E-state index contributed by atoms with van der Waals surface area (Å²) in [6, 6.07) is 5.10. The Morgan fingerprint density at radius 1 is 1.12 bits per heavy atom. The lowest BCUT2D eigenvalue weighted by Crippen LogP contribution is -2.67. The number of fused-ring (bicyclic) bond motifs is 2. The van der Waals surface area contributed by atoms with E-state index in [0.29, 0.717) is 36.5 Å². The van der Waals surface area contributed by atoms with Crippen LogP contribution in [0, 0.1) is 29.0 Å². The first-order valence-electron chi connectivity index (χ1n) is 12.4. The van der Waals surface area contributed by atoms with Gasteiger partial charge in [0.15, 0.2) is 0 Å². The maximum absolute atomic E-state index is 13.3. The fourth-order valence-electron chi connectivity index (χ4n) is 8.33. The summed E-state index contributed by atoms with van der Waals surface area (Å²) in [5.74, 6) is 4.02. The second kappa shape index (κ2) is 7.77. The van der Waals surface area contributed by atoms with Gasteiger partial charge in [-0.25, -0.2) is 17.5 Å². The van der Waals surface area contributed by atoms with Crippen LogP contribution >= 0.6 is 11.8 Å². The number of hydrogen-bond donors (Lipinski definition) is 2. The zero-order valence-electron chi connectivity index (χ0n) is 18.9. The first kappa shape index (κ1) is 22.5. The average Bonchev–Trinajstić information content (AvgIpc) is 3.39. The number of hydrogen-bond acceptors (Lipinski definition) is 5.